The van der Waals surface area contributed by atoms with E-state index in [1.54, 1.807) is 21.3 Å². The summed E-state index contributed by atoms with van der Waals surface area (Å²) in [6.07, 6.45) is 30.0. The molecule has 0 saturated heterocycles. The molecule has 0 aliphatic carbocycles. The third-order valence-electron chi connectivity index (χ3n) is 7.88. The fraction of sp³-hybridized carbons (Fsp3) is 1.00. The van der Waals surface area contributed by atoms with Gasteiger partial charge in [-0.25, -0.2) is 0 Å². The van der Waals surface area contributed by atoms with Crippen LogP contribution in [0.25, 0.3) is 0 Å². The molecule has 0 rings (SSSR count). The summed E-state index contributed by atoms with van der Waals surface area (Å²) in [4.78, 5) is 0. The number of hydrogen-bond acceptors (Lipinski definition) is 3. The van der Waals surface area contributed by atoms with Gasteiger partial charge >= 0.3 is 8.80 Å². The van der Waals surface area contributed by atoms with Gasteiger partial charge in [-0.3, -0.25) is 0 Å². The Balaban J connectivity index is 3.74. The van der Waals surface area contributed by atoms with Crippen molar-refractivity contribution in [2.45, 2.75) is 136 Å². The van der Waals surface area contributed by atoms with Crippen molar-refractivity contribution in [2.24, 2.45) is 0 Å². The molecule has 0 fully saturated rings. The van der Waals surface area contributed by atoms with Crippen molar-refractivity contribution >= 4 is 16.1 Å². The molecule has 3 nitrogen and oxygen atoms in total. The van der Waals surface area contributed by atoms with E-state index in [4.69, 9.17) is 13.3 Å². The Morgan fingerprint density at radius 1 is 0.455 bits per heavy atom. The molecular weight excluding hydrogens is 443 g/mol. The van der Waals surface area contributed by atoms with Crippen LogP contribution in [0.5, 0.6) is 0 Å². The zero-order valence-electron chi connectivity index (χ0n) is 23.7. The van der Waals surface area contributed by atoms with Crippen LogP contribution in [0.15, 0.2) is 0 Å². The lowest BCUT2D eigenvalue weighted by molar-refractivity contribution is 0.123. The van der Waals surface area contributed by atoms with E-state index in [1.807, 2.05) is 0 Å². The fourth-order valence-electron chi connectivity index (χ4n) is 5.15. The Kier molecular flexibility index (Phi) is 23.3. The van der Waals surface area contributed by atoms with Crippen LogP contribution in [0.1, 0.15) is 130 Å². The molecule has 0 aromatic carbocycles. The van der Waals surface area contributed by atoms with E-state index in [0.29, 0.717) is 0 Å². The van der Waals surface area contributed by atoms with Gasteiger partial charge in [0.1, 0.15) is 0 Å². The van der Waals surface area contributed by atoms with Gasteiger partial charge in [-0.05, 0) is 33.1 Å². The molecule has 0 unspecified atom stereocenters. The molecule has 0 bridgehead atoms. The highest BCUT2D eigenvalue weighted by Crippen LogP contribution is 2.59. The second-order valence-corrected chi connectivity index (χ2v) is 18.1. The molecule has 0 aromatic heterocycles. The van der Waals surface area contributed by atoms with Crippen LogP contribution in [0, 0.1) is 0 Å². The van der Waals surface area contributed by atoms with Gasteiger partial charge in [-0.15, -0.1) is 0 Å². The van der Waals surface area contributed by atoms with E-state index in [0.717, 1.165) is 6.04 Å². The SMILES string of the molecule is CCCCCCCCCCCCCCCCCC[P+](CC)(CC)CCC[Si](OC)(OC)OC. The van der Waals surface area contributed by atoms with Gasteiger partial charge in [0, 0.05) is 34.6 Å². The second-order valence-electron chi connectivity index (χ2n) is 10.1. The summed E-state index contributed by atoms with van der Waals surface area (Å²) in [6, 6.07) is 0.956. The first-order valence-corrected chi connectivity index (χ1v) is 19.0. The highest BCUT2D eigenvalue weighted by atomic mass is 31.2. The number of unbranched alkanes of at least 4 members (excludes halogenated alkanes) is 15. The summed E-state index contributed by atoms with van der Waals surface area (Å²) in [5.74, 6) is 0. The van der Waals surface area contributed by atoms with Crippen LogP contribution >= 0.6 is 7.26 Å². The summed E-state index contributed by atoms with van der Waals surface area (Å²) < 4.78 is 16.9. The smallest absolute Gasteiger partial charge is 0.377 e. The molecule has 5 heteroatoms. The Labute approximate surface area is 211 Å². The van der Waals surface area contributed by atoms with Crippen molar-refractivity contribution in [3.05, 3.63) is 0 Å². The van der Waals surface area contributed by atoms with E-state index < -0.39 is 16.1 Å². The molecule has 0 aromatic rings. The third kappa shape index (κ3) is 16.8. The lowest BCUT2D eigenvalue weighted by Gasteiger charge is -2.28. The van der Waals surface area contributed by atoms with Crippen LogP contribution in [-0.4, -0.2) is 54.8 Å². The standard InChI is InChI=1S/C28H62O3PSi/c1-7-10-11-12-13-14-15-16-17-18-19-20-21-22-23-24-26-32(8-2,9-3)27-25-28-33(29-4,30-5)31-6/h7-28H2,1-6H3/q+1. The van der Waals surface area contributed by atoms with Crippen LogP contribution in [0.2, 0.25) is 6.04 Å². The van der Waals surface area contributed by atoms with E-state index in [2.05, 4.69) is 20.8 Å². The normalized spacial score (nSPS) is 12.5. The molecule has 0 spiro atoms. The van der Waals surface area contributed by atoms with E-state index in [-0.39, 0.29) is 0 Å². The Morgan fingerprint density at radius 3 is 1.12 bits per heavy atom. The van der Waals surface area contributed by atoms with Crippen LogP contribution < -0.4 is 0 Å². The molecule has 200 valence electrons. The molecular formula is C28H62O3PSi+. The summed E-state index contributed by atoms with van der Waals surface area (Å²) in [5, 5.41) is 0. The Bertz CT molecular complexity index is 392. The summed E-state index contributed by atoms with van der Waals surface area (Å²) >= 11 is 0. The maximum absolute atomic E-state index is 5.62. The Hall–Kier alpha value is 0.527. The molecule has 0 aliphatic heterocycles. The molecule has 0 radical (unpaired) electrons. The Morgan fingerprint density at radius 2 is 0.788 bits per heavy atom. The molecule has 0 aliphatic rings. The van der Waals surface area contributed by atoms with Crippen molar-refractivity contribution in [1.82, 2.24) is 0 Å². The second kappa shape index (κ2) is 23.0. The minimum Gasteiger partial charge on any atom is -0.377 e. The van der Waals surface area contributed by atoms with E-state index in [1.165, 1.54) is 134 Å². The molecule has 0 atom stereocenters. The maximum Gasteiger partial charge on any atom is 0.500 e. The summed E-state index contributed by atoms with van der Waals surface area (Å²) in [5.41, 5.74) is 0. The highest BCUT2D eigenvalue weighted by molar-refractivity contribution is 7.75. The molecule has 0 amide bonds. The van der Waals surface area contributed by atoms with E-state index in [9.17, 15) is 0 Å². The lowest BCUT2D eigenvalue weighted by Crippen LogP contribution is -2.42. The first-order chi connectivity index (χ1) is 16.1. The van der Waals surface area contributed by atoms with E-state index >= 15 is 0 Å². The van der Waals surface area contributed by atoms with Gasteiger partial charge < -0.3 is 13.3 Å². The van der Waals surface area contributed by atoms with Gasteiger partial charge in [-0.2, -0.15) is 0 Å². The topological polar surface area (TPSA) is 27.7 Å². The lowest BCUT2D eigenvalue weighted by atomic mass is 10.0. The zero-order valence-corrected chi connectivity index (χ0v) is 25.6. The molecule has 0 saturated carbocycles. The van der Waals surface area contributed by atoms with Crippen molar-refractivity contribution in [3.8, 4) is 0 Å². The van der Waals surface area contributed by atoms with Crippen molar-refractivity contribution in [3.63, 3.8) is 0 Å². The highest BCUT2D eigenvalue weighted by Gasteiger charge is 2.40. The van der Waals surface area contributed by atoms with Crippen LogP contribution in [0.4, 0.5) is 0 Å². The van der Waals surface area contributed by atoms with Gasteiger partial charge in [0.25, 0.3) is 0 Å². The average molecular weight is 506 g/mol. The third-order valence-corrected chi connectivity index (χ3v) is 15.9. The monoisotopic (exact) mass is 505 g/mol. The van der Waals surface area contributed by atoms with Crippen LogP contribution in [0.3, 0.4) is 0 Å². The van der Waals surface area contributed by atoms with Crippen molar-refractivity contribution < 1.29 is 13.3 Å². The predicted octanol–water partition coefficient (Wildman–Crippen LogP) is 9.57. The van der Waals surface area contributed by atoms with Crippen molar-refractivity contribution in [2.75, 3.05) is 46.0 Å². The number of hydrogen-bond donors (Lipinski definition) is 0. The van der Waals surface area contributed by atoms with Gasteiger partial charge in [0.15, 0.2) is 0 Å². The van der Waals surface area contributed by atoms with Gasteiger partial charge in [0.05, 0.1) is 24.6 Å². The minimum atomic E-state index is -2.40. The van der Waals surface area contributed by atoms with Gasteiger partial charge in [-0.1, -0.05) is 96.8 Å². The summed E-state index contributed by atoms with van der Waals surface area (Å²) in [6.45, 7) is 7.16. The average Bonchev–Trinajstić information content (AvgIpc) is 2.85. The zero-order chi connectivity index (χ0) is 24.7. The molecule has 0 heterocycles. The maximum atomic E-state index is 5.62. The van der Waals surface area contributed by atoms with Crippen LogP contribution in [-0.2, 0) is 13.3 Å². The number of rotatable bonds is 26. The first-order valence-electron chi connectivity index (χ1n) is 14.6. The minimum absolute atomic E-state index is 0.808. The predicted molar refractivity (Wildman–Crippen MR) is 153 cm³/mol. The molecule has 33 heavy (non-hydrogen) atoms. The quantitative estimate of drug-likeness (QED) is 0.0665. The van der Waals surface area contributed by atoms with Crippen molar-refractivity contribution in [1.29, 1.82) is 0 Å². The molecule has 0 N–H and O–H groups in total. The van der Waals surface area contributed by atoms with Gasteiger partial charge in [0.2, 0.25) is 0 Å². The fourth-order valence-corrected chi connectivity index (χ4v) is 10.8. The largest absolute Gasteiger partial charge is 0.500 e. The summed E-state index contributed by atoms with van der Waals surface area (Å²) in [7, 11) is 1.99. The first kappa shape index (κ1) is 33.5.